The highest BCUT2D eigenvalue weighted by atomic mass is 32.2. The van der Waals surface area contributed by atoms with Gasteiger partial charge in [0.1, 0.15) is 34.4 Å². The molecular weight excluding hydrogens is 469 g/mol. The molecule has 4 rings (SSSR count). The molecule has 2 aromatic heterocycles. The molecule has 0 aliphatic heterocycles. The number of ether oxygens (including phenoxy) is 1. The first-order valence-corrected chi connectivity index (χ1v) is 12.2. The van der Waals surface area contributed by atoms with E-state index in [4.69, 9.17) is 4.74 Å². The van der Waals surface area contributed by atoms with E-state index in [1.54, 1.807) is 42.5 Å². The monoisotopic (exact) mass is 491 g/mol. The quantitative estimate of drug-likeness (QED) is 0.325. The first-order valence-electron chi connectivity index (χ1n) is 10.4. The van der Waals surface area contributed by atoms with Crippen molar-refractivity contribution < 1.29 is 18.7 Å². The summed E-state index contributed by atoms with van der Waals surface area (Å²) in [7, 11) is 1.07. The Morgan fingerprint density at radius 3 is 2.40 bits per heavy atom. The molecule has 2 aromatic carbocycles. The van der Waals surface area contributed by atoms with Crippen molar-refractivity contribution in [2.24, 2.45) is 0 Å². The van der Waals surface area contributed by atoms with E-state index in [1.807, 2.05) is 6.26 Å². The molecule has 0 radical (unpaired) electrons. The Labute approximate surface area is 203 Å². The van der Waals surface area contributed by atoms with Crippen molar-refractivity contribution in [2.75, 3.05) is 18.6 Å². The van der Waals surface area contributed by atoms with Crippen LogP contribution in [-0.4, -0.2) is 45.9 Å². The summed E-state index contributed by atoms with van der Waals surface area (Å²) in [5.41, 5.74) is 2.07. The van der Waals surface area contributed by atoms with Gasteiger partial charge >= 0.3 is 0 Å². The number of aromatic amines is 1. The fraction of sp³-hybridized carbons (Fsp3) is 0.0800. The molecule has 4 aromatic rings. The van der Waals surface area contributed by atoms with E-state index < -0.39 is 16.4 Å². The molecule has 0 aliphatic carbocycles. The molecule has 0 fully saturated rings. The number of rotatable bonds is 7. The number of aromatic nitrogens is 3. The number of anilines is 1. The average Bonchev–Trinajstić information content (AvgIpc) is 3.31. The summed E-state index contributed by atoms with van der Waals surface area (Å²) in [5.74, 6) is 3.86. The van der Waals surface area contributed by atoms with E-state index >= 15 is 0 Å². The maximum absolute atomic E-state index is 13.4. The van der Waals surface area contributed by atoms with Gasteiger partial charge in [0.05, 0.1) is 0 Å². The SMILES string of the molecule is C=S(C)c1nc(-c2ccc(F)cc2)c(C(=O)Nc2ccc(Oc3ccnc(C(=O)NC)c3)cc2)[nH]1. The highest BCUT2D eigenvalue weighted by Crippen LogP contribution is 2.28. The smallest absolute Gasteiger partial charge is 0.274 e. The van der Waals surface area contributed by atoms with Crippen LogP contribution in [0.2, 0.25) is 0 Å². The van der Waals surface area contributed by atoms with Crippen LogP contribution in [0.1, 0.15) is 21.0 Å². The van der Waals surface area contributed by atoms with Crippen molar-refractivity contribution in [1.82, 2.24) is 20.3 Å². The lowest BCUT2D eigenvalue weighted by Gasteiger charge is -2.09. The van der Waals surface area contributed by atoms with Crippen LogP contribution in [-0.2, 0) is 0 Å². The predicted octanol–water partition coefficient (Wildman–Crippen LogP) is 4.70. The Kier molecular flexibility index (Phi) is 7.02. The van der Waals surface area contributed by atoms with Crippen molar-refractivity contribution >= 4 is 33.9 Å². The number of carbonyl (C=O) groups is 2. The first kappa shape index (κ1) is 23.8. The molecule has 0 bridgehead atoms. The maximum atomic E-state index is 13.4. The summed E-state index contributed by atoms with van der Waals surface area (Å²) < 4.78 is 19.2. The maximum Gasteiger partial charge on any atom is 0.274 e. The van der Waals surface area contributed by atoms with Crippen LogP contribution in [0.15, 0.2) is 72.0 Å². The Hall–Kier alpha value is -4.31. The van der Waals surface area contributed by atoms with Crippen molar-refractivity contribution in [2.45, 2.75) is 5.16 Å². The van der Waals surface area contributed by atoms with E-state index in [2.05, 4.69) is 31.5 Å². The number of amides is 2. The third-order valence-corrected chi connectivity index (χ3v) is 5.75. The van der Waals surface area contributed by atoms with Crippen LogP contribution in [0.5, 0.6) is 11.5 Å². The summed E-state index contributed by atoms with van der Waals surface area (Å²) in [4.78, 5) is 36.4. The molecule has 8 nitrogen and oxygen atoms in total. The third-order valence-electron chi connectivity index (χ3n) is 4.90. The van der Waals surface area contributed by atoms with E-state index in [-0.39, 0.29) is 23.1 Å². The van der Waals surface area contributed by atoms with Gasteiger partial charge in [0.25, 0.3) is 11.8 Å². The summed E-state index contributed by atoms with van der Waals surface area (Å²) in [6.45, 7) is 0. The van der Waals surface area contributed by atoms with Crippen LogP contribution < -0.4 is 15.4 Å². The summed E-state index contributed by atoms with van der Waals surface area (Å²) in [6.07, 6.45) is 3.37. The number of nitrogens with zero attached hydrogens (tertiary/aromatic N) is 2. The molecule has 1 unspecified atom stereocenters. The lowest BCUT2D eigenvalue weighted by molar-refractivity contribution is 0.0957. The van der Waals surface area contributed by atoms with Gasteiger partial charge in [-0.15, -0.1) is 10.5 Å². The van der Waals surface area contributed by atoms with E-state index in [0.717, 1.165) is 0 Å². The first-order chi connectivity index (χ1) is 16.8. The number of imidazole rings is 1. The molecule has 2 heterocycles. The molecule has 0 saturated heterocycles. The lowest BCUT2D eigenvalue weighted by atomic mass is 10.1. The number of H-pyrrole nitrogens is 1. The Morgan fingerprint density at radius 1 is 1.03 bits per heavy atom. The van der Waals surface area contributed by atoms with E-state index in [9.17, 15) is 14.0 Å². The minimum Gasteiger partial charge on any atom is -0.457 e. The number of hydrogen-bond donors (Lipinski definition) is 3. The predicted molar refractivity (Wildman–Crippen MR) is 135 cm³/mol. The minimum atomic E-state index is -0.454. The van der Waals surface area contributed by atoms with Crippen molar-refractivity contribution in [1.29, 1.82) is 0 Å². The van der Waals surface area contributed by atoms with Gasteiger partial charge in [-0.25, -0.2) is 9.37 Å². The zero-order valence-electron chi connectivity index (χ0n) is 19.0. The highest BCUT2D eigenvalue weighted by Gasteiger charge is 2.19. The normalized spacial score (nSPS) is 11.5. The van der Waals surface area contributed by atoms with Crippen molar-refractivity contribution in [3.8, 4) is 22.8 Å². The van der Waals surface area contributed by atoms with Gasteiger partial charge in [-0.3, -0.25) is 14.6 Å². The molecule has 0 saturated carbocycles. The average molecular weight is 492 g/mol. The van der Waals surface area contributed by atoms with Crippen LogP contribution in [0.3, 0.4) is 0 Å². The molecule has 3 N–H and O–H groups in total. The second kappa shape index (κ2) is 10.3. The number of hydrogen-bond acceptors (Lipinski definition) is 5. The fourth-order valence-corrected chi connectivity index (χ4v) is 3.68. The second-order valence-corrected chi connectivity index (χ2v) is 9.11. The molecular formula is C25H22FN5O3S. The molecule has 178 valence electrons. The topological polar surface area (TPSA) is 109 Å². The Bertz CT molecular complexity index is 1400. The standard InChI is InChI=1S/C25H22FN5O3S/c1-27-23(32)20-14-19(12-13-28-20)34-18-10-8-17(9-11-18)29-24(33)22-21(30-25(31-22)35(2)3)15-4-6-16(26)7-5-15/h4-14H,2H2,1,3H3,(H,27,32)(H,29,33)(H,30,31). The Balaban J connectivity index is 1.51. The lowest BCUT2D eigenvalue weighted by Crippen LogP contribution is -2.18. The zero-order chi connectivity index (χ0) is 24.9. The highest BCUT2D eigenvalue weighted by molar-refractivity contribution is 8.13. The van der Waals surface area contributed by atoms with Gasteiger partial charge in [0, 0.05) is 30.6 Å². The Morgan fingerprint density at radius 2 is 1.74 bits per heavy atom. The molecule has 0 spiro atoms. The van der Waals surface area contributed by atoms with Crippen molar-refractivity contribution in [3.63, 3.8) is 0 Å². The van der Waals surface area contributed by atoms with E-state index in [0.29, 0.717) is 33.6 Å². The minimum absolute atomic E-state index is 0.238. The molecule has 35 heavy (non-hydrogen) atoms. The number of pyridine rings is 1. The summed E-state index contributed by atoms with van der Waals surface area (Å²) in [5, 5.41) is 5.92. The van der Waals surface area contributed by atoms with Gasteiger partial charge in [-0.2, -0.15) is 0 Å². The largest absolute Gasteiger partial charge is 0.457 e. The summed E-state index contributed by atoms with van der Waals surface area (Å²) in [6, 6.07) is 15.7. The van der Waals surface area contributed by atoms with Crippen LogP contribution in [0.25, 0.3) is 11.3 Å². The van der Waals surface area contributed by atoms with Gasteiger partial charge < -0.3 is 20.4 Å². The summed E-state index contributed by atoms with van der Waals surface area (Å²) >= 11 is 0. The molecule has 0 aliphatic rings. The van der Waals surface area contributed by atoms with Crippen LogP contribution in [0, 0.1) is 5.82 Å². The third kappa shape index (κ3) is 5.61. The van der Waals surface area contributed by atoms with Gasteiger partial charge in [-0.05, 0) is 60.9 Å². The van der Waals surface area contributed by atoms with Gasteiger partial charge in [-0.1, -0.05) is 5.87 Å². The zero-order valence-corrected chi connectivity index (χ0v) is 19.8. The van der Waals surface area contributed by atoms with Gasteiger partial charge in [0.2, 0.25) is 0 Å². The van der Waals surface area contributed by atoms with Crippen LogP contribution in [0.4, 0.5) is 10.1 Å². The second-order valence-electron chi connectivity index (χ2n) is 7.45. The van der Waals surface area contributed by atoms with Crippen molar-refractivity contribution in [3.05, 3.63) is 84.1 Å². The number of carbonyl (C=O) groups excluding carboxylic acids is 2. The molecule has 10 heteroatoms. The number of nitrogens with one attached hydrogen (secondary N) is 3. The number of benzene rings is 2. The number of halogens is 1. The van der Waals surface area contributed by atoms with Gasteiger partial charge in [0.15, 0.2) is 5.16 Å². The van der Waals surface area contributed by atoms with E-state index in [1.165, 1.54) is 31.4 Å². The van der Waals surface area contributed by atoms with Crippen LogP contribution >= 0.6 is 10.5 Å². The molecule has 1 atom stereocenters. The fourth-order valence-electron chi connectivity index (χ4n) is 3.16. The molecule has 2 amide bonds.